The van der Waals surface area contributed by atoms with Crippen LogP contribution in [0.25, 0.3) is 0 Å². The molecule has 0 spiro atoms. The van der Waals surface area contributed by atoms with Gasteiger partial charge in [-0.25, -0.2) is 4.98 Å². The maximum atomic E-state index is 12.3. The monoisotopic (exact) mass is 299 g/mol. The van der Waals surface area contributed by atoms with Crippen molar-refractivity contribution in [2.24, 2.45) is 0 Å². The molecule has 7 nitrogen and oxygen atoms in total. The van der Waals surface area contributed by atoms with E-state index >= 15 is 0 Å². The first-order valence-corrected chi connectivity index (χ1v) is 7.80. The van der Waals surface area contributed by atoms with E-state index in [2.05, 4.69) is 9.71 Å². The van der Waals surface area contributed by atoms with Gasteiger partial charge in [-0.3, -0.25) is 9.52 Å². The molecule has 1 aromatic heterocycles. The minimum atomic E-state index is -3.91. The van der Waals surface area contributed by atoms with Gasteiger partial charge in [-0.2, -0.15) is 12.7 Å². The number of carbonyl (C=O) groups is 1. The molecule has 1 aromatic rings. The predicted molar refractivity (Wildman–Crippen MR) is 73.5 cm³/mol. The first-order valence-electron chi connectivity index (χ1n) is 6.36. The van der Waals surface area contributed by atoms with Crippen molar-refractivity contribution in [1.29, 1.82) is 0 Å². The Labute approximate surface area is 117 Å². The number of hydrogen-bond acceptors (Lipinski definition) is 4. The molecule has 2 heterocycles. The van der Waals surface area contributed by atoms with Gasteiger partial charge in [-0.1, -0.05) is 6.07 Å². The van der Waals surface area contributed by atoms with Gasteiger partial charge in [0.1, 0.15) is 11.9 Å². The first-order chi connectivity index (χ1) is 9.42. The number of aliphatic carboxylic acids is 1. The number of piperidine rings is 1. The van der Waals surface area contributed by atoms with Crippen molar-refractivity contribution < 1.29 is 18.3 Å². The minimum Gasteiger partial charge on any atom is -0.480 e. The van der Waals surface area contributed by atoms with Crippen molar-refractivity contribution in [2.45, 2.75) is 32.2 Å². The van der Waals surface area contributed by atoms with Crippen LogP contribution in [0, 0.1) is 6.92 Å². The highest BCUT2D eigenvalue weighted by Crippen LogP contribution is 2.22. The second kappa shape index (κ2) is 5.76. The molecule has 1 aliphatic rings. The Kier molecular flexibility index (Phi) is 4.24. The second-order valence-electron chi connectivity index (χ2n) is 4.74. The SMILES string of the molecule is Cc1cccnc1NS(=O)(=O)N1CCCCC1C(=O)O. The van der Waals surface area contributed by atoms with E-state index in [4.69, 9.17) is 5.11 Å². The zero-order valence-electron chi connectivity index (χ0n) is 11.1. The summed E-state index contributed by atoms with van der Waals surface area (Å²) in [6.45, 7) is 1.94. The molecule has 2 N–H and O–H groups in total. The minimum absolute atomic E-state index is 0.207. The Balaban J connectivity index is 2.25. The third kappa shape index (κ3) is 3.07. The Bertz CT molecular complexity index is 602. The van der Waals surface area contributed by atoms with Gasteiger partial charge >= 0.3 is 16.2 Å². The van der Waals surface area contributed by atoms with E-state index in [9.17, 15) is 13.2 Å². The van der Waals surface area contributed by atoms with E-state index in [-0.39, 0.29) is 12.4 Å². The number of pyridine rings is 1. The van der Waals surface area contributed by atoms with E-state index in [1.54, 1.807) is 19.1 Å². The first kappa shape index (κ1) is 14.7. The third-order valence-electron chi connectivity index (χ3n) is 3.28. The molecule has 2 rings (SSSR count). The number of hydrogen-bond donors (Lipinski definition) is 2. The molecule has 0 aromatic carbocycles. The fourth-order valence-electron chi connectivity index (χ4n) is 2.21. The number of carboxylic acid groups (broad SMARTS) is 1. The maximum absolute atomic E-state index is 12.3. The van der Waals surface area contributed by atoms with E-state index < -0.39 is 22.2 Å². The Morgan fingerprint density at radius 1 is 1.50 bits per heavy atom. The lowest BCUT2D eigenvalue weighted by Gasteiger charge is -2.31. The Morgan fingerprint density at radius 2 is 2.25 bits per heavy atom. The smallest absolute Gasteiger partial charge is 0.322 e. The summed E-state index contributed by atoms with van der Waals surface area (Å²) in [6, 6.07) is 2.43. The Hall–Kier alpha value is -1.67. The molecule has 1 unspecified atom stereocenters. The van der Waals surface area contributed by atoms with Crippen molar-refractivity contribution in [3.05, 3.63) is 23.9 Å². The third-order valence-corrected chi connectivity index (χ3v) is 4.79. The van der Waals surface area contributed by atoms with E-state index in [1.807, 2.05) is 0 Å². The van der Waals surface area contributed by atoms with Crippen LogP contribution in [0.15, 0.2) is 18.3 Å². The summed E-state index contributed by atoms with van der Waals surface area (Å²) in [7, 11) is -3.91. The molecular formula is C12H17N3O4S. The highest BCUT2D eigenvalue weighted by molar-refractivity contribution is 7.90. The molecule has 0 radical (unpaired) electrons. The van der Waals surface area contributed by atoms with Gasteiger partial charge in [0.25, 0.3) is 0 Å². The van der Waals surface area contributed by atoms with Crippen LogP contribution in [0.3, 0.4) is 0 Å². The van der Waals surface area contributed by atoms with Crippen LogP contribution in [0.5, 0.6) is 0 Å². The molecule has 1 saturated heterocycles. The number of anilines is 1. The lowest BCUT2D eigenvalue weighted by Crippen LogP contribution is -2.50. The van der Waals surface area contributed by atoms with Crippen LogP contribution in [0.4, 0.5) is 5.82 Å². The summed E-state index contributed by atoms with van der Waals surface area (Å²) in [5, 5.41) is 9.14. The van der Waals surface area contributed by atoms with Crippen molar-refractivity contribution in [2.75, 3.05) is 11.3 Å². The molecule has 0 bridgehead atoms. The average Bonchev–Trinajstić information content (AvgIpc) is 2.41. The molecular weight excluding hydrogens is 282 g/mol. The summed E-state index contributed by atoms with van der Waals surface area (Å²) in [5.74, 6) is -0.893. The lowest BCUT2D eigenvalue weighted by molar-refractivity contribution is -0.142. The Morgan fingerprint density at radius 3 is 2.90 bits per heavy atom. The number of rotatable bonds is 4. The maximum Gasteiger partial charge on any atom is 0.322 e. The van der Waals surface area contributed by atoms with Crippen LogP contribution >= 0.6 is 0 Å². The molecule has 0 aliphatic carbocycles. The molecule has 8 heteroatoms. The largest absolute Gasteiger partial charge is 0.480 e. The zero-order valence-corrected chi connectivity index (χ0v) is 11.9. The standard InChI is InChI=1S/C12H17N3O4S/c1-9-5-4-7-13-11(9)14-20(18,19)15-8-3-2-6-10(15)12(16)17/h4-5,7,10H,2-3,6,8H2,1H3,(H,13,14)(H,16,17). The van der Waals surface area contributed by atoms with Crippen LogP contribution in [0.2, 0.25) is 0 Å². The van der Waals surface area contributed by atoms with Crippen LogP contribution in [-0.4, -0.2) is 41.4 Å². The molecule has 1 fully saturated rings. The highest BCUT2D eigenvalue weighted by atomic mass is 32.2. The summed E-state index contributed by atoms with van der Waals surface area (Å²) < 4.78 is 28.0. The predicted octanol–water partition coefficient (Wildman–Crippen LogP) is 0.986. The number of aryl methyl sites for hydroxylation is 1. The topological polar surface area (TPSA) is 99.6 Å². The fourth-order valence-corrected chi connectivity index (χ4v) is 3.69. The van der Waals surface area contributed by atoms with Gasteiger partial charge in [0.15, 0.2) is 0 Å². The van der Waals surface area contributed by atoms with Gasteiger partial charge in [-0.15, -0.1) is 0 Å². The van der Waals surface area contributed by atoms with Gasteiger partial charge in [0, 0.05) is 12.7 Å². The molecule has 0 amide bonds. The number of carboxylic acids is 1. The van der Waals surface area contributed by atoms with Crippen LogP contribution < -0.4 is 4.72 Å². The second-order valence-corrected chi connectivity index (χ2v) is 6.36. The number of nitrogens with zero attached hydrogens (tertiary/aromatic N) is 2. The normalized spacial score (nSPS) is 20.6. The van der Waals surface area contributed by atoms with Crippen LogP contribution in [-0.2, 0) is 15.0 Å². The zero-order chi connectivity index (χ0) is 14.8. The van der Waals surface area contributed by atoms with E-state index in [0.717, 1.165) is 4.31 Å². The lowest BCUT2D eigenvalue weighted by atomic mass is 10.1. The van der Waals surface area contributed by atoms with E-state index in [0.29, 0.717) is 24.8 Å². The van der Waals surface area contributed by atoms with Gasteiger partial charge < -0.3 is 5.11 Å². The summed E-state index contributed by atoms with van der Waals surface area (Å²) in [4.78, 5) is 15.1. The highest BCUT2D eigenvalue weighted by Gasteiger charge is 2.37. The molecule has 110 valence electrons. The van der Waals surface area contributed by atoms with Gasteiger partial charge in [0.05, 0.1) is 0 Å². The molecule has 1 aliphatic heterocycles. The molecule has 0 saturated carbocycles. The van der Waals surface area contributed by atoms with E-state index in [1.165, 1.54) is 6.20 Å². The van der Waals surface area contributed by atoms with Crippen LogP contribution in [0.1, 0.15) is 24.8 Å². The summed E-state index contributed by atoms with van der Waals surface area (Å²) >= 11 is 0. The number of aromatic nitrogens is 1. The van der Waals surface area contributed by atoms with Crippen molar-refractivity contribution in [3.8, 4) is 0 Å². The summed E-state index contributed by atoms with van der Waals surface area (Å²) in [5.41, 5.74) is 0.681. The average molecular weight is 299 g/mol. The molecule has 20 heavy (non-hydrogen) atoms. The fraction of sp³-hybridized carbons (Fsp3) is 0.500. The van der Waals surface area contributed by atoms with Gasteiger partial charge in [-0.05, 0) is 37.8 Å². The number of nitrogens with one attached hydrogen (secondary N) is 1. The van der Waals surface area contributed by atoms with Crippen molar-refractivity contribution >= 4 is 22.0 Å². The summed E-state index contributed by atoms with van der Waals surface area (Å²) in [6.07, 6.45) is 3.19. The quantitative estimate of drug-likeness (QED) is 0.863. The van der Waals surface area contributed by atoms with Crippen molar-refractivity contribution in [1.82, 2.24) is 9.29 Å². The van der Waals surface area contributed by atoms with Crippen molar-refractivity contribution in [3.63, 3.8) is 0 Å². The molecule has 1 atom stereocenters. The van der Waals surface area contributed by atoms with Gasteiger partial charge in [0.2, 0.25) is 0 Å².